The molecule has 120 valence electrons. The molecule has 0 aliphatic carbocycles. The molecule has 9 heteroatoms. The molecule has 0 fully saturated rings. The van der Waals surface area contributed by atoms with E-state index in [2.05, 4.69) is 4.98 Å². The van der Waals surface area contributed by atoms with E-state index < -0.39 is 19.9 Å². The minimum Gasteiger partial charge on any atom is -0.253 e. The van der Waals surface area contributed by atoms with Gasteiger partial charge in [0.05, 0.1) is 21.9 Å². The number of thiazole rings is 1. The molecule has 0 amide bonds. The van der Waals surface area contributed by atoms with Gasteiger partial charge in [-0.1, -0.05) is 12.1 Å². The minimum absolute atomic E-state index is 0.0861. The second kappa shape index (κ2) is 6.45. The number of hydrogen-bond acceptors (Lipinski definition) is 6. The average molecular weight is 360 g/mol. The van der Waals surface area contributed by atoms with Crippen LogP contribution in [0.25, 0.3) is 0 Å². The molecule has 1 aromatic carbocycles. The summed E-state index contributed by atoms with van der Waals surface area (Å²) in [5, 5.41) is 0. The summed E-state index contributed by atoms with van der Waals surface area (Å²) in [7, 11) is -4.09. The fourth-order valence-corrected chi connectivity index (χ4v) is 5.30. The highest BCUT2D eigenvalue weighted by atomic mass is 32.2. The van der Waals surface area contributed by atoms with Gasteiger partial charge in [-0.3, -0.25) is 4.98 Å². The van der Waals surface area contributed by atoms with Crippen LogP contribution in [0, 0.1) is 0 Å². The quantitative estimate of drug-likeness (QED) is 0.779. The number of sulfone groups is 1. The summed E-state index contributed by atoms with van der Waals surface area (Å²) in [6.07, 6.45) is 1.52. The summed E-state index contributed by atoms with van der Waals surface area (Å²) in [6.45, 7) is 0. The molecule has 0 atom stereocenters. The van der Waals surface area contributed by atoms with Crippen LogP contribution in [0.1, 0.15) is 10.4 Å². The normalized spacial score (nSPS) is 12.7. The summed E-state index contributed by atoms with van der Waals surface area (Å²) in [4.78, 5) is 4.60. The maximum absolute atomic E-state index is 12.2. The second-order valence-corrected chi connectivity index (χ2v) is 10.1. The van der Waals surface area contributed by atoms with Gasteiger partial charge in [0.1, 0.15) is 0 Å². The first kappa shape index (κ1) is 17.1. The van der Waals surface area contributed by atoms with Gasteiger partial charge in [-0.25, -0.2) is 21.1 Å². The standard InChI is InChI=1S/C13H16N2O4S3/c1-15(2)22(18,19)13-5-3-4-11(6-13)8-21(16,17)9-12-7-14-10-20-12/h3-7,10H,8-9H2,1-2H3. The van der Waals surface area contributed by atoms with Crippen molar-refractivity contribution in [2.75, 3.05) is 14.1 Å². The summed E-state index contributed by atoms with van der Waals surface area (Å²) in [6, 6.07) is 6.01. The van der Waals surface area contributed by atoms with Crippen LogP contribution in [0.15, 0.2) is 40.9 Å². The van der Waals surface area contributed by atoms with Crippen LogP contribution in [0.4, 0.5) is 0 Å². The number of benzene rings is 1. The van der Waals surface area contributed by atoms with Gasteiger partial charge < -0.3 is 0 Å². The van der Waals surface area contributed by atoms with Crippen molar-refractivity contribution in [3.63, 3.8) is 0 Å². The van der Waals surface area contributed by atoms with E-state index in [0.717, 1.165) is 4.31 Å². The van der Waals surface area contributed by atoms with Gasteiger partial charge in [0.15, 0.2) is 9.84 Å². The van der Waals surface area contributed by atoms with E-state index in [0.29, 0.717) is 10.4 Å². The molecule has 2 aromatic rings. The maximum Gasteiger partial charge on any atom is 0.242 e. The monoisotopic (exact) mass is 360 g/mol. The zero-order valence-electron chi connectivity index (χ0n) is 12.1. The molecule has 0 aliphatic heterocycles. The Bertz CT molecular complexity index is 841. The molecule has 0 bridgehead atoms. The molecule has 1 heterocycles. The van der Waals surface area contributed by atoms with Crippen LogP contribution in [-0.2, 0) is 31.4 Å². The van der Waals surface area contributed by atoms with E-state index in [-0.39, 0.29) is 16.4 Å². The van der Waals surface area contributed by atoms with Gasteiger partial charge in [-0.2, -0.15) is 0 Å². The molecular weight excluding hydrogens is 344 g/mol. The van der Waals surface area contributed by atoms with Gasteiger partial charge >= 0.3 is 0 Å². The molecule has 6 nitrogen and oxygen atoms in total. The Morgan fingerprint density at radius 2 is 1.86 bits per heavy atom. The van der Waals surface area contributed by atoms with Gasteiger partial charge in [-0.15, -0.1) is 11.3 Å². The van der Waals surface area contributed by atoms with Gasteiger partial charge in [0.2, 0.25) is 10.0 Å². The Balaban J connectivity index is 2.24. The lowest BCUT2D eigenvalue weighted by Crippen LogP contribution is -2.22. The molecule has 0 spiro atoms. The summed E-state index contributed by atoms with van der Waals surface area (Å²) in [5.74, 6) is -0.302. The SMILES string of the molecule is CN(C)S(=O)(=O)c1cccc(CS(=O)(=O)Cc2cncs2)c1. The number of aromatic nitrogens is 1. The van der Waals surface area contributed by atoms with Crippen molar-refractivity contribution in [2.45, 2.75) is 16.4 Å². The number of sulfonamides is 1. The third-order valence-corrected chi connectivity index (χ3v) is 7.21. The van der Waals surface area contributed by atoms with E-state index in [1.807, 2.05) is 0 Å². The van der Waals surface area contributed by atoms with E-state index in [9.17, 15) is 16.8 Å². The van der Waals surface area contributed by atoms with Crippen molar-refractivity contribution in [3.05, 3.63) is 46.4 Å². The lowest BCUT2D eigenvalue weighted by atomic mass is 10.2. The van der Waals surface area contributed by atoms with Crippen molar-refractivity contribution >= 4 is 31.2 Å². The highest BCUT2D eigenvalue weighted by Gasteiger charge is 2.19. The Labute approximate surface area is 134 Å². The van der Waals surface area contributed by atoms with E-state index in [1.165, 1.54) is 43.8 Å². The van der Waals surface area contributed by atoms with Crippen molar-refractivity contribution in [1.82, 2.24) is 9.29 Å². The van der Waals surface area contributed by atoms with Crippen LogP contribution in [0.5, 0.6) is 0 Å². The summed E-state index contributed by atoms with van der Waals surface area (Å²) >= 11 is 1.28. The predicted octanol–water partition coefficient (Wildman–Crippen LogP) is 1.51. The van der Waals surface area contributed by atoms with Crippen LogP contribution < -0.4 is 0 Å². The first-order chi connectivity index (χ1) is 10.2. The Morgan fingerprint density at radius 1 is 1.14 bits per heavy atom. The molecule has 22 heavy (non-hydrogen) atoms. The first-order valence-corrected chi connectivity index (χ1v) is 10.4. The second-order valence-electron chi connectivity index (χ2n) is 4.93. The predicted molar refractivity (Wildman–Crippen MR) is 85.8 cm³/mol. The average Bonchev–Trinajstić information content (AvgIpc) is 2.90. The summed E-state index contributed by atoms with van der Waals surface area (Å²) < 4.78 is 49.6. The Morgan fingerprint density at radius 3 is 2.45 bits per heavy atom. The van der Waals surface area contributed by atoms with Crippen LogP contribution in [0.2, 0.25) is 0 Å². The van der Waals surface area contributed by atoms with Crippen molar-refractivity contribution in [2.24, 2.45) is 0 Å². The van der Waals surface area contributed by atoms with Crippen molar-refractivity contribution < 1.29 is 16.8 Å². The van der Waals surface area contributed by atoms with E-state index in [1.54, 1.807) is 17.6 Å². The molecule has 0 aliphatic rings. The highest BCUT2D eigenvalue weighted by Crippen LogP contribution is 2.19. The zero-order valence-corrected chi connectivity index (χ0v) is 14.6. The number of nitrogens with zero attached hydrogens (tertiary/aromatic N) is 2. The van der Waals surface area contributed by atoms with Gasteiger partial charge in [0.25, 0.3) is 0 Å². The first-order valence-electron chi connectivity index (χ1n) is 6.30. The molecule has 0 saturated heterocycles. The molecular formula is C13H16N2O4S3. The molecule has 0 saturated carbocycles. The van der Waals surface area contributed by atoms with E-state index in [4.69, 9.17) is 0 Å². The molecule has 0 unspecified atom stereocenters. The van der Waals surface area contributed by atoms with E-state index >= 15 is 0 Å². The van der Waals surface area contributed by atoms with Crippen LogP contribution in [-0.4, -0.2) is 40.2 Å². The smallest absolute Gasteiger partial charge is 0.242 e. The third kappa shape index (κ3) is 4.13. The lowest BCUT2D eigenvalue weighted by Gasteiger charge is -2.12. The van der Waals surface area contributed by atoms with Gasteiger partial charge in [0, 0.05) is 25.2 Å². The molecule has 1 aromatic heterocycles. The molecule has 0 radical (unpaired) electrons. The van der Waals surface area contributed by atoms with Crippen LogP contribution >= 0.6 is 11.3 Å². The lowest BCUT2D eigenvalue weighted by molar-refractivity contribution is 0.520. The largest absolute Gasteiger partial charge is 0.253 e. The minimum atomic E-state index is -3.57. The van der Waals surface area contributed by atoms with Crippen molar-refractivity contribution in [1.29, 1.82) is 0 Å². The zero-order chi connectivity index (χ0) is 16.4. The fraction of sp³-hybridized carbons (Fsp3) is 0.308. The molecule has 2 rings (SSSR count). The van der Waals surface area contributed by atoms with Crippen LogP contribution in [0.3, 0.4) is 0 Å². The maximum atomic E-state index is 12.2. The number of rotatable bonds is 6. The summed E-state index contributed by atoms with van der Waals surface area (Å²) in [5.41, 5.74) is 2.03. The fourth-order valence-electron chi connectivity index (χ4n) is 1.84. The highest BCUT2D eigenvalue weighted by molar-refractivity contribution is 7.90. The van der Waals surface area contributed by atoms with Gasteiger partial charge in [-0.05, 0) is 17.7 Å². The topological polar surface area (TPSA) is 84.4 Å². The Kier molecular flexibility index (Phi) is 5.00. The number of hydrogen-bond donors (Lipinski definition) is 0. The Hall–Kier alpha value is -1.29. The van der Waals surface area contributed by atoms with Crippen molar-refractivity contribution in [3.8, 4) is 0 Å². The molecule has 0 N–H and O–H groups in total. The third-order valence-electron chi connectivity index (χ3n) is 2.91.